The third-order valence-corrected chi connectivity index (χ3v) is 1.10. The predicted molar refractivity (Wildman–Crippen MR) is 41.6 cm³/mol. The molecule has 50 valence electrons. The largest absolute Gasteiger partial charge is 0.342 e. The molecule has 2 heterocycles. The quantitative estimate of drug-likeness (QED) is 0.498. The normalized spacial score (nSPS) is 9.20. The molecule has 2 aromatic heterocycles. The van der Waals surface area contributed by atoms with Crippen molar-refractivity contribution in [1.29, 1.82) is 0 Å². The Morgan fingerprint density at radius 1 is 1.30 bits per heavy atom. The molecule has 0 fully saturated rings. The van der Waals surface area contributed by atoms with E-state index in [1.807, 2.05) is 0 Å². The summed E-state index contributed by atoms with van der Waals surface area (Å²) in [4.78, 5) is 14.5. The highest BCUT2D eigenvalue weighted by molar-refractivity contribution is 5.75. The van der Waals surface area contributed by atoms with Gasteiger partial charge in [-0.05, 0) is 0 Å². The van der Waals surface area contributed by atoms with Gasteiger partial charge in [-0.3, -0.25) is 0 Å². The van der Waals surface area contributed by atoms with Crippen LogP contribution in [-0.4, -0.2) is 37.3 Å². The number of H-pyrrole nitrogens is 1. The molecule has 0 aliphatic heterocycles. The van der Waals surface area contributed by atoms with Gasteiger partial charge in [0.25, 0.3) is 0 Å². The van der Waals surface area contributed by atoms with Crippen molar-refractivity contribution < 1.29 is 0 Å². The highest BCUT2D eigenvalue weighted by Gasteiger charge is 1.91. The average molecular weight is 150 g/mol. The number of nitrogens with one attached hydrogen (secondary N) is 1. The Balaban J connectivity index is 0.000000500. The van der Waals surface area contributed by atoms with Gasteiger partial charge in [-0.15, -0.1) is 0 Å². The molecule has 0 unspecified atom stereocenters. The fourth-order valence-electron chi connectivity index (χ4n) is 0.691. The van der Waals surface area contributed by atoms with Crippen molar-refractivity contribution in [2.45, 2.75) is 0 Å². The fourth-order valence-corrected chi connectivity index (χ4v) is 0.691. The summed E-state index contributed by atoms with van der Waals surface area (Å²) in [5.41, 5.74) is 1.59. The van der Waals surface area contributed by atoms with Crippen LogP contribution in [0, 0.1) is 0 Å². The molecule has 2 rings (SSSR count). The van der Waals surface area contributed by atoms with Gasteiger partial charge >= 0.3 is 0 Å². The minimum Gasteiger partial charge on any atom is -0.342 e. The summed E-state index contributed by atoms with van der Waals surface area (Å²) in [7, 11) is 0. The van der Waals surface area contributed by atoms with E-state index in [1.165, 1.54) is 6.33 Å². The molecule has 0 bridgehead atoms. The van der Waals surface area contributed by atoms with Gasteiger partial charge in [-0.1, -0.05) is 0 Å². The lowest BCUT2D eigenvalue weighted by molar-refractivity contribution is 1.20. The van der Waals surface area contributed by atoms with Gasteiger partial charge in [0.2, 0.25) is 0 Å². The van der Waals surface area contributed by atoms with Crippen LogP contribution >= 0.6 is 0 Å². The van der Waals surface area contributed by atoms with Crippen LogP contribution in [0.1, 0.15) is 0 Å². The van der Waals surface area contributed by atoms with Crippen LogP contribution in [0.2, 0.25) is 0 Å². The van der Waals surface area contributed by atoms with Crippen molar-refractivity contribution in [3.63, 3.8) is 0 Å². The Kier molecular flexibility index (Phi) is 2.00. The van der Waals surface area contributed by atoms with Crippen molar-refractivity contribution >= 4 is 28.5 Å². The molecule has 0 atom stereocenters. The van der Waals surface area contributed by atoms with E-state index in [0.29, 0.717) is 5.65 Å². The zero-order valence-corrected chi connectivity index (χ0v) is 4.57. The van der Waals surface area contributed by atoms with Crippen molar-refractivity contribution in [2.75, 3.05) is 0 Å². The number of hydrogen-bond acceptors (Lipinski definition) is 3. The number of aromatic nitrogens is 4. The first-order chi connectivity index (χ1) is 4.47. The third-order valence-electron chi connectivity index (χ3n) is 1.10. The van der Waals surface area contributed by atoms with Gasteiger partial charge in [0.15, 0.2) is 23.0 Å². The highest BCUT2D eigenvalue weighted by atomic mass is 27.0. The van der Waals surface area contributed by atoms with Crippen LogP contribution in [0.3, 0.4) is 0 Å². The van der Waals surface area contributed by atoms with Crippen LogP contribution in [0.5, 0.6) is 0 Å². The maximum atomic E-state index is 3.91. The second-order valence-electron chi connectivity index (χ2n) is 1.66. The maximum Gasteiger partial charge on any atom is 0.187 e. The van der Waals surface area contributed by atoms with Gasteiger partial charge in [0.05, 0.1) is 12.5 Å². The van der Waals surface area contributed by atoms with Crippen LogP contribution in [0.15, 0.2) is 18.9 Å². The highest BCUT2D eigenvalue weighted by Crippen LogP contribution is 1.99. The molecule has 0 saturated carbocycles. The summed E-state index contributed by atoms with van der Waals surface area (Å²) in [5.74, 6) is 0. The number of rotatable bonds is 0. The molecule has 0 radical (unpaired) electrons. The molecule has 0 aromatic carbocycles. The lowest BCUT2D eigenvalue weighted by Crippen LogP contribution is -1.76. The Morgan fingerprint density at radius 2 is 2.20 bits per heavy atom. The summed E-state index contributed by atoms with van der Waals surface area (Å²) >= 11 is 0. The van der Waals surface area contributed by atoms with E-state index in [1.54, 1.807) is 12.5 Å². The van der Waals surface area contributed by atoms with E-state index >= 15 is 0 Å². The zero-order chi connectivity index (χ0) is 6.10. The van der Waals surface area contributed by atoms with E-state index in [0.717, 1.165) is 5.52 Å². The molecule has 4 nitrogen and oxygen atoms in total. The van der Waals surface area contributed by atoms with Gasteiger partial charge in [0, 0.05) is 0 Å². The standard InChI is InChI=1S/C5H4N4.Al.3H/c1-4-5(8-2-6-1)9-3-7-4;;;;/h1-3H,(H,6,7,8,9);;;;. The van der Waals surface area contributed by atoms with E-state index < -0.39 is 0 Å². The SMILES string of the molecule is [AlH3].c1ncc2[nH]cnc2n1. The first-order valence-corrected chi connectivity index (χ1v) is 2.56. The summed E-state index contributed by atoms with van der Waals surface area (Å²) in [5, 5.41) is 0. The topological polar surface area (TPSA) is 54.5 Å². The summed E-state index contributed by atoms with van der Waals surface area (Å²) in [6, 6.07) is 0. The second-order valence-corrected chi connectivity index (χ2v) is 1.66. The number of aromatic amines is 1. The van der Waals surface area contributed by atoms with Crippen LogP contribution in [0.4, 0.5) is 0 Å². The molecule has 0 saturated heterocycles. The lowest BCUT2D eigenvalue weighted by Gasteiger charge is -1.80. The predicted octanol–water partition coefficient (Wildman–Crippen LogP) is -0.831. The average Bonchev–Trinajstić information content (AvgIpc) is 2.33. The Labute approximate surface area is 67.9 Å². The van der Waals surface area contributed by atoms with Gasteiger partial charge in [-0.2, -0.15) is 0 Å². The molecule has 0 aliphatic rings. The zero-order valence-electron chi connectivity index (χ0n) is 4.57. The molecule has 1 N–H and O–H groups in total. The minimum absolute atomic E-state index is 0. The Bertz CT molecular complexity index is 288. The molecule has 0 aliphatic carbocycles. The molecular weight excluding hydrogens is 143 g/mol. The lowest BCUT2D eigenvalue weighted by atomic mass is 10.6. The number of imidazole rings is 1. The maximum absolute atomic E-state index is 3.91. The van der Waals surface area contributed by atoms with Crippen molar-refractivity contribution in [1.82, 2.24) is 19.9 Å². The number of nitrogens with zero attached hydrogens (tertiary/aromatic N) is 3. The first kappa shape index (κ1) is 7.19. The molecule has 2 aromatic rings. The molecular formula is C5H7AlN4. The second kappa shape index (κ2) is 2.78. The summed E-state index contributed by atoms with van der Waals surface area (Å²) in [6.07, 6.45) is 4.76. The van der Waals surface area contributed by atoms with Crippen molar-refractivity contribution in [2.24, 2.45) is 0 Å². The summed E-state index contributed by atoms with van der Waals surface area (Å²) < 4.78 is 0. The van der Waals surface area contributed by atoms with E-state index in [9.17, 15) is 0 Å². The van der Waals surface area contributed by atoms with Crippen LogP contribution in [0.25, 0.3) is 11.2 Å². The molecule has 0 spiro atoms. The molecule has 10 heavy (non-hydrogen) atoms. The molecule has 0 amide bonds. The van der Waals surface area contributed by atoms with E-state index in [-0.39, 0.29) is 17.4 Å². The van der Waals surface area contributed by atoms with Gasteiger partial charge in [0.1, 0.15) is 11.8 Å². The first-order valence-electron chi connectivity index (χ1n) is 2.56. The minimum atomic E-state index is 0. The van der Waals surface area contributed by atoms with E-state index in [2.05, 4.69) is 19.9 Å². The van der Waals surface area contributed by atoms with Crippen molar-refractivity contribution in [3.8, 4) is 0 Å². The third kappa shape index (κ3) is 1.01. The smallest absolute Gasteiger partial charge is 0.187 e. The Morgan fingerprint density at radius 3 is 3.00 bits per heavy atom. The van der Waals surface area contributed by atoms with Gasteiger partial charge in [-0.25, -0.2) is 15.0 Å². The number of fused-ring (bicyclic) bond motifs is 1. The monoisotopic (exact) mass is 150 g/mol. The molecule has 5 heteroatoms. The summed E-state index contributed by atoms with van der Waals surface area (Å²) in [6.45, 7) is 0. The van der Waals surface area contributed by atoms with Crippen LogP contribution in [-0.2, 0) is 0 Å². The van der Waals surface area contributed by atoms with Crippen molar-refractivity contribution in [3.05, 3.63) is 18.9 Å². The van der Waals surface area contributed by atoms with Crippen LogP contribution < -0.4 is 0 Å². The Hall–Kier alpha value is -0.918. The number of hydrogen-bond donors (Lipinski definition) is 1. The van der Waals surface area contributed by atoms with E-state index in [4.69, 9.17) is 0 Å². The van der Waals surface area contributed by atoms with Gasteiger partial charge < -0.3 is 4.98 Å². The fraction of sp³-hybridized carbons (Fsp3) is 0.